The molecule has 0 aromatic heterocycles. The van der Waals surface area contributed by atoms with Crippen molar-refractivity contribution in [1.82, 2.24) is 15.5 Å². The predicted molar refractivity (Wildman–Crippen MR) is 105 cm³/mol. The molecule has 1 aromatic rings. The maximum absolute atomic E-state index is 11.5. The van der Waals surface area contributed by atoms with Gasteiger partial charge in [-0.2, -0.15) is 0 Å². The SMILES string of the molecule is CCNC(=O)CN=C(NCC)N(C)Cc1ccccc1OC.I. The molecule has 6 nitrogen and oxygen atoms in total. The van der Waals surface area contributed by atoms with Crippen molar-refractivity contribution in [3.8, 4) is 5.75 Å². The fourth-order valence-corrected chi connectivity index (χ4v) is 2.03. The number of aliphatic imine (C=N–C) groups is 1. The Hall–Kier alpha value is -1.51. The number of nitrogens with one attached hydrogen (secondary N) is 2. The van der Waals surface area contributed by atoms with E-state index in [0.717, 1.165) is 17.9 Å². The molecule has 1 rings (SSSR count). The molecule has 0 saturated heterocycles. The van der Waals surface area contributed by atoms with E-state index >= 15 is 0 Å². The molecule has 1 aromatic carbocycles. The maximum Gasteiger partial charge on any atom is 0.241 e. The minimum Gasteiger partial charge on any atom is -0.496 e. The van der Waals surface area contributed by atoms with Gasteiger partial charge in [-0.05, 0) is 19.9 Å². The van der Waals surface area contributed by atoms with E-state index in [2.05, 4.69) is 15.6 Å². The smallest absolute Gasteiger partial charge is 0.241 e. The van der Waals surface area contributed by atoms with E-state index in [9.17, 15) is 4.79 Å². The second-order valence-electron chi connectivity index (χ2n) is 4.79. The van der Waals surface area contributed by atoms with Gasteiger partial charge < -0.3 is 20.3 Å². The first-order valence-electron chi connectivity index (χ1n) is 7.50. The summed E-state index contributed by atoms with van der Waals surface area (Å²) >= 11 is 0. The van der Waals surface area contributed by atoms with Crippen LogP contribution < -0.4 is 15.4 Å². The van der Waals surface area contributed by atoms with Crippen molar-refractivity contribution in [3.05, 3.63) is 29.8 Å². The van der Waals surface area contributed by atoms with Crippen LogP contribution in [-0.4, -0.2) is 50.6 Å². The molecule has 0 aliphatic heterocycles. The molecule has 0 fully saturated rings. The minimum atomic E-state index is -0.0800. The van der Waals surface area contributed by atoms with Gasteiger partial charge >= 0.3 is 0 Å². The number of para-hydroxylation sites is 1. The second kappa shape index (κ2) is 12.0. The van der Waals surface area contributed by atoms with Crippen LogP contribution in [0, 0.1) is 0 Å². The van der Waals surface area contributed by atoms with Crippen molar-refractivity contribution < 1.29 is 9.53 Å². The fraction of sp³-hybridized carbons (Fsp3) is 0.500. The van der Waals surface area contributed by atoms with Crippen molar-refractivity contribution in [1.29, 1.82) is 0 Å². The van der Waals surface area contributed by atoms with Crippen molar-refractivity contribution in [2.24, 2.45) is 4.99 Å². The van der Waals surface area contributed by atoms with Crippen LogP contribution in [0.25, 0.3) is 0 Å². The molecule has 0 aliphatic carbocycles. The minimum absolute atomic E-state index is 0. The summed E-state index contributed by atoms with van der Waals surface area (Å²) in [6.07, 6.45) is 0. The highest BCUT2D eigenvalue weighted by molar-refractivity contribution is 14.0. The van der Waals surface area contributed by atoms with Gasteiger partial charge in [-0.1, -0.05) is 18.2 Å². The van der Waals surface area contributed by atoms with Gasteiger partial charge in [-0.25, -0.2) is 4.99 Å². The molecule has 7 heteroatoms. The van der Waals surface area contributed by atoms with Crippen LogP contribution in [0.15, 0.2) is 29.3 Å². The van der Waals surface area contributed by atoms with Crippen LogP contribution in [0.3, 0.4) is 0 Å². The molecule has 2 N–H and O–H groups in total. The number of benzene rings is 1. The Bertz CT molecular complexity index is 509. The molecule has 0 saturated carbocycles. The zero-order valence-corrected chi connectivity index (χ0v) is 16.6. The van der Waals surface area contributed by atoms with Crippen LogP contribution in [0.4, 0.5) is 0 Å². The van der Waals surface area contributed by atoms with Gasteiger partial charge in [0.05, 0.1) is 7.11 Å². The quantitative estimate of drug-likeness (QED) is 0.391. The Balaban J connectivity index is 0.00000484. The molecule has 130 valence electrons. The average Bonchev–Trinajstić information content (AvgIpc) is 2.52. The summed E-state index contributed by atoms with van der Waals surface area (Å²) in [5.74, 6) is 1.46. The lowest BCUT2D eigenvalue weighted by Crippen LogP contribution is -2.39. The lowest BCUT2D eigenvalue weighted by atomic mass is 10.2. The van der Waals surface area contributed by atoms with Crippen molar-refractivity contribution in [2.45, 2.75) is 20.4 Å². The molecular formula is C16H27IN4O2. The van der Waals surface area contributed by atoms with Gasteiger partial charge in [-0.15, -0.1) is 24.0 Å². The van der Waals surface area contributed by atoms with Gasteiger partial charge in [0.25, 0.3) is 0 Å². The molecule has 0 aliphatic rings. The molecule has 0 heterocycles. The summed E-state index contributed by atoms with van der Waals surface area (Å²) in [4.78, 5) is 17.9. The maximum atomic E-state index is 11.5. The van der Waals surface area contributed by atoms with Gasteiger partial charge in [0, 0.05) is 32.2 Å². The van der Waals surface area contributed by atoms with Crippen LogP contribution >= 0.6 is 24.0 Å². The molecule has 0 unspecified atom stereocenters. The Morgan fingerprint density at radius 1 is 1.22 bits per heavy atom. The Morgan fingerprint density at radius 3 is 2.48 bits per heavy atom. The number of nitrogens with zero attached hydrogens (tertiary/aromatic N) is 2. The fourth-order valence-electron chi connectivity index (χ4n) is 2.03. The number of guanidine groups is 1. The van der Waals surface area contributed by atoms with Gasteiger partial charge in [0.2, 0.25) is 5.91 Å². The lowest BCUT2D eigenvalue weighted by Gasteiger charge is -2.23. The third-order valence-electron chi connectivity index (χ3n) is 3.04. The summed E-state index contributed by atoms with van der Waals surface area (Å²) in [6.45, 7) is 6.00. The summed E-state index contributed by atoms with van der Waals surface area (Å²) in [5, 5.41) is 5.93. The first-order chi connectivity index (χ1) is 10.6. The first kappa shape index (κ1) is 21.5. The number of hydrogen-bond acceptors (Lipinski definition) is 3. The molecule has 23 heavy (non-hydrogen) atoms. The number of carbonyl (C=O) groups excluding carboxylic acids is 1. The van der Waals surface area contributed by atoms with E-state index in [0.29, 0.717) is 19.0 Å². The standard InChI is InChI=1S/C16H26N4O2.HI/c1-5-17-15(21)11-19-16(18-6-2)20(3)12-13-9-7-8-10-14(13)22-4;/h7-10H,5-6,11-12H2,1-4H3,(H,17,21)(H,18,19);1H. The van der Waals surface area contributed by atoms with Crippen LogP contribution in [0.2, 0.25) is 0 Å². The summed E-state index contributed by atoms with van der Waals surface area (Å²) < 4.78 is 5.37. The van der Waals surface area contributed by atoms with Crippen LogP contribution in [-0.2, 0) is 11.3 Å². The summed E-state index contributed by atoms with van der Waals surface area (Å²) in [7, 11) is 3.60. The number of amides is 1. The van der Waals surface area contributed by atoms with Gasteiger partial charge in [0.15, 0.2) is 5.96 Å². The molecule has 1 amide bonds. The highest BCUT2D eigenvalue weighted by Crippen LogP contribution is 2.18. The number of ether oxygens (including phenoxy) is 1. The lowest BCUT2D eigenvalue weighted by molar-refractivity contribution is -0.119. The number of halogens is 1. The third-order valence-corrected chi connectivity index (χ3v) is 3.04. The molecule has 0 spiro atoms. The number of rotatable bonds is 7. The second-order valence-corrected chi connectivity index (χ2v) is 4.79. The number of carbonyl (C=O) groups is 1. The van der Waals surface area contributed by atoms with Crippen LogP contribution in [0.5, 0.6) is 5.75 Å². The van der Waals surface area contributed by atoms with Gasteiger partial charge in [0.1, 0.15) is 12.3 Å². The predicted octanol–water partition coefficient (Wildman–Crippen LogP) is 1.85. The molecule has 0 bridgehead atoms. The van der Waals surface area contributed by atoms with E-state index in [4.69, 9.17) is 4.74 Å². The average molecular weight is 434 g/mol. The van der Waals surface area contributed by atoms with Gasteiger partial charge in [-0.3, -0.25) is 4.79 Å². The first-order valence-corrected chi connectivity index (χ1v) is 7.50. The van der Waals surface area contributed by atoms with Crippen molar-refractivity contribution in [2.75, 3.05) is 33.8 Å². The summed E-state index contributed by atoms with van der Waals surface area (Å²) in [5.41, 5.74) is 1.07. The summed E-state index contributed by atoms with van der Waals surface area (Å²) in [6, 6.07) is 7.87. The zero-order valence-electron chi connectivity index (χ0n) is 14.3. The van der Waals surface area contributed by atoms with Crippen molar-refractivity contribution >= 4 is 35.8 Å². The third kappa shape index (κ3) is 7.54. The zero-order chi connectivity index (χ0) is 16.4. The van der Waals surface area contributed by atoms with E-state index in [1.54, 1.807) is 7.11 Å². The molecule has 0 radical (unpaired) electrons. The highest BCUT2D eigenvalue weighted by Gasteiger charge is 2.10. The Labute approximate surface area is 155 Å². The highest BCUT2D eigenvalue weighted by atomic mass is 127. The normalized spacial score (nSPS) is 10.5. The molecule has 0 atom stereocenters. The van der Waals surface area contributed by atoms with E-state index in [-0.39, 0.29) is 36.4 Å². The Morgan fingerprint density at radius 2 is 1.87 bits per heavy atom. The number of methoxy groups -OCH3 is 1. The topological polar surface area (TPSA) is 66.0 Å². The largest absolute Gasteiger partial charge is 0.496 e. The Kier molecular flexibility index (Phi) is 11.2. The number of likely N-dealkylation sites (N-methyl/N-ethyl adjacent to an activating group) is 1. The van der Waals surface area contributed by atoms with E-state index in [1.165, 1.54) is 0 Å². The molecular weight excluding hydrogens is 407 g/mol. The van der Waals surface area contributed by atoms with Crippen LogP contribution in [0.1, 0.15) is 19.4 Å². The van der Waals surface area contributed by atoms with E-state index < -0.39 is 0 Å². The van der Waals surface area contributed by atoms with E-state index in [1.807, 2.05) is 50.1 Å². The monoisotopic (exact) mass is 434 g/mol. The number of hydrogen-bond donors (Lipinski definition) is 2. The van der Waals surface area contributed by atoms with Crippen molar-refractivity contribution in [3.63, 3.8) is 0 Å².